The van der Waals surface area contributed by atoms with Crippen molar-refractivity contribution in [3.05, 3.63) is 97.3 Å². The van der Waals surface area contributed by atoms with Crippen LogP contribution in [0.25, 0.3) is 11.0 Å². The summed E-state index contributed by atoms with van der Waals surface area (Å²) in [7, 11) is 3.05. The van der Waals surface area contributed by atoms with Crippen molar-refractivity contribution in [2.24, 2.45) is 14.1 Å². The molecular formula is C25H26N4O3. The average molecular weight is 431 g/mol. The molecule has 0 radical (unpaired) electrons. The maximum absolute atomic E-state index is 13.4. The van der Waals surface area contributed by atoms with Gasteiger partial charge in [-0.15, -0.1) is 0 Å². The Morgan fingerprint density at radius 1 is 0.906 bits per heavy atom. The van der Waals surface area contributed by atoms with Gasteiger partial charge in [0.05, 0.1) is 5.39 Å². The predicted octanol–water partition coefficient (Wildman–Crippen LogP) is 3.26. The molecular weight excluding hydrogens is 404 g/mol. The fourth-order valence-electron chi connectivity index (χ4n) is 4.31. The summed E-state index contributed by atoms with van der Waals surface area (Å²) in [6, 6.07) is 15.2. The van der Waals surface area contributed by atoms with Crippen LogP contribution >= 0.6 is 0 Å². The SMILES string of the molecule is Cc1cc(C)c(NC(=O)c2cc3c(=O)n(C)c(=O)n(C)c3n2Cc2ccccc2)c(C)c1. The molecule has 4 rings (SSSR count). The number of carbonyl (C=O) groups is 1. The van der Waals surface area contributed by atoms with Gasteiger partial charge < -0.3 is 9.88 Å². The minimum Gasteiger partial charge on any atom is -0.320 e. The highest BCUT2D eigenvalue weighted by Gasteiger charge is 2.22. The predicted molar refractivity (Wildman–Crippen MR) is 127 cm³/mol. The zero-order valence-electron chi connectivity index (χ0n) is 18.9. The summed E-state index contributed by atoms with van der Waals surface area (Å²) in [6.07, 6.45) is 0. The van der Waals surface area contributed by atoms with Gasteiger partial charge in [0.25, 0.3) is 11.5 Å². The zero-order valence-corrected chi connectivity index (χ0v) is 18.9. The molecule has 0 fully saturated rings. The average Bonchev–Trinajstić information content (AvgIpc) is 3.13. The Balaban J connectivity index is 1.92. The van der Waals surface area contributed by atoms with Crippen molar-refractivity contribution in [1.82, 2.24) is 13.7 Å². The van der Waals surface area contributed by atoms with E-state index >= 15 is 0 Å². The van der Waals surface area contributed by atoms with Crippen LogP contribution in [0.2, 0.25) is 0 Å². The van der Waals surface area contributed by atoms with E-state index in [-0.39, 0.29) is 5.91 Å². The van der Waals surface area contributed by atoms with E-state index in [9.17, 15) is 14.4 Å². The van der Waals surface area contributed by atoms with Crippen molar-refractivity contribution in [1.29, 1.82) is 0 Å². The molecule has 7 heteroatoms. The lowest BCUT2D eigenvalue weighted by Crippen LogP contribution is -2.37. The lowest BCUT2D eigenvalue weighted by Gasteiger charge is -2.15. The summed E-state index contributed by atoms with van der Waals surface area (Å²) in [5, 5.41) is 3.35. The first kappa shape index (κ1) is 21.4. The minimum atomic E-state index is -0.438. The van der Waals surface area contributed by atoms with Crippen LogP contribution in [0, 0.1) is 20.8 Å². The summed E-state index contributed by atoms with van der Waals surface area (Å²) in [4.78, 5) is 38.9. The van der Waals surface area contributed by atoms with E-state index in [4.69, 9.17) is 0 Å². The summed E-state index contributed by atoms with van der Waals surface area (Å²) in [5.41, 5.74) is 4.63. The van der Waals surface area contributed by atoms with Crippen molar-refractivity contribution in [3.8, 4) is 0 Å². The second-order valence-corrected chi connectivity index (χ2v) is 8.27. The molecule has 1 amide bonds. The third-order valence-corrected chi connectivity index (χ3v) is 5.83. The van der Waals surface area contributed by atoms with Crippen molar-refractivity contribution in [3.63, 3.8) is 0 Å². The highest BCUT2D eigenvalue weighted by atomic mass is 16.2. The standard InChI is InChI=1S/C25H26N4O3/c1-15-11-16(2)21(17(3)12-15)26-22(30)20-13-19-23(27(4)25(32)28(5)24(19)31)29(20)14-18-9-7-6-8-10-18/h6-13H,14H2,1-5H3,(H,26,30). The summed E-state index contributed by atoms with van der Waals surface area (Å²) in [6.45, 7) is 6.27. The molecule has 0 aliphatic heterocycles. The Bertz CT molecular complexity index is 1450. The van der Waals surface area contributed by atoms with Crippen LogP contribution < -0.4 is 16.6 Å². The van der Waals surface area contributed by atoms with Crippen molar-refractivity contribution >= 4 is 22.6 Å². The van der Waals surface area contributed by atoms with Gasteiger partial charge >= 0.3 is 5.69 Å². The second kappa shape index (κ2) is 8.00. The fourth-order valence-corrected chi connectivity index (χ4v) is 4.31. The Hall–Kier alpha value is -3.87. The van der Waals surface area contributed by atoms with Crippen LogP contribution in [0.15, 0.2) is 58.1 Å². The van der Waals surface area contributed by atoms with Crippen molar-refractivity contribution in [2.75, 3.05) is 5.32 Å². The van der Waals surface area contributed by atoms with E-state index in [0.717, 1.165) is 32.5 Å². The number of hydrogen-bond acceptors (Lipinski definition) is 3. The van der Waals surface area contributed by atoms with Gasteiger partial charge in [0.1, 0.15) is 11.3 Å². The third-order valence-electron chi connectivity index (χ3n) is 5.83. The maximum atomic E-state index is 13.4. The van der Waals surface area contributed by atoms with Gasteiger partial charge in [0.2, 0.25) is 0 Å². The molecule has 0 unspecified atom stereocenters. The van der Waals surface area contributed by atoms with Crippen molar-refractivity contribution in [2.45, 2.75) is 27.3 Å². The van der Waals surface area contributed by atoms with E-state index in [1.54, 1.807) is 17.7 Å². The molecule has 164 valence electrons. The molecule has 0 atom stereocenters. The number of aromatic nitrogens is 3. The number of hydrogen-bond donors (Lipinski definition) is 1. The number of anilines is 1. The lowest BCUT2D eigenvalue weighted by atomic mass is 10.0. The zero-order chi connectivity index (χ0) is 23.2. The molecule has 2 aromatic carbocycles. The molecule has 4 aromatic rings. The van der Waals surface area contributed by atoms with Gasteiger partial charge in [0.15, 0.2) is 0 Å². The van der Waals surface area contributed by atoms with E-state index in [2.05, 4.69) is 5.32 Å². The second-order valence-electron chi connectivity index (χ2n) is 8.27. The van der Waals surface area contributed by atoms with E-state index in [1.807, 2.05) is 63.2 Å². The quantitative estimate of drug-likeness (QED) is 0.540. The first-order valence-electron chi connectivity index (χ1n) is 10.4. The van der Waals surface area contributed by atoms with Gasteiger partial charge in [-0.25, -0.2) is 4.79 Å². The summed E-state index contributed by atoms with van der Waals surface area (Å²) in [5.74, 6) is -0.332. The Kier molecular flexibility index (Phi) is 5.34. The highest BCUT2D eigenvalue weighted by Crippen LogP contribution is 2.24. The van der Waals surface area contributed by atoms with Crippen LogP contribution in [-0.2, 0) is 20.6 Å². The van der Waals surface area contributed by atoms with E-state index in [0.29, 0.717) is 23.3 Å². The first-order valence-corrected chi connectivity index (χ1v) is 10.4. The molecule has 0 aliphatic rings. The maximum Gasteiger partial charge on any atom is 0.332 e. The van der Waals surface area contributed by atoms with Gasteiger partial charge in [-0.05, 0) is 43.5 Å². The topological polar surface area (TPSA) is 78.0 Å². The Morgan fingerprint density at radius 3 is 2.16 bits per heavy atom. The van der Waals surface area contributed by atoms with Crippen LogP contribution in [-0.4, -0.2) is 19.6 Å². The highest BCUT2D eigenvalue weighted by molar-refractivity contribution is 6.06. The molecule has 2 aromatic heterocycles. The molecule has 0 bridgehead atoms. The van der Waals surface area contributed by atoms with Crippen molar-refractivity contribution < 1.29 is 4.79 Å². The summed E-state index contributed by atoms with van der Waals surface area (Å²) >= 11 is 0. The first-order chi connectivity index (χ1) is 15.2. The van der Waals surface area contributed by atoms with E-state index in [1.165, 1.54) is 11.6 Å². The monoisotopic (exact) mass is 430 g/mol. The van der Waals surface area contributed by atoms with Crippen LogP contribution in [0.4, 0.5) is 5.69 Å². The van der Waals surface area contributed by atoms with Gasteiger partial charge in [0, 0.05) is 26.3 Å². The molecule has 0 aliphatic carbocycles. The molecule has 2 heterocycles. The van der Waals surface area contributed by atoms with Crippen LogP contribution in [0.5, 0.6) is 0 Å². The molecule has 1 N–H and O–H groups in total. The van der Waals surface area contributed by atoms with Gasteiger partial charge in [-0.1, -0.05) is 48.0 Å². The largest absolute Gasteiger partial charge is 0.332 e. The normalized spacial score (nSPS) is 11.2. The smallest absolute Gasteiger partial charge is 0.320 e. The number of rotatable bonds is 4. The molecule has 0 saturated heterocycles. The van der Waals surface area contributed by atoms with Crippen LogP contribution in [0.3, 0.4) is 0 Å². The fraction of sp³-hybridized carbons (Fsp3) is 0.240. The number of nitrogens with one attached hydrogen (secondary N) is 1. The molecule has 7 nitrogen and oxygen atoms in total. The van der Waals surface area contributed by atoms with E-state index < -0.39 is 11.2 Å². The number of carbonyl (C=O) groups excluding carboxylic acids is 1. The number of nitrogens with zero attached hydrogens (tertiary/aromatic N) is 3. The Labute approximate surface area is 185 Å². The molecule has 32 heavy (non-hydrogen) atoms. The Morgan fingerprint density at radius 2 is 1.53 bits per heavy atom. The number of aryl methyl sites for hydroxylation is 4. The molecule has 0 spiro atoms. The molecule has 0 saturated carbocycles. The van der Waals surface area contributed by atoms with Gasteiger partial charge in [-0.3, -0.25) is 18.7 Å². The number of benzene rings is 2. The van der Waals surface area contributed by atoms with Crippen LogP contribution in [0.1, 0.15) is 32.7 Å². The minimum absolute atomic E-state index is 0.321. The lowest BCUT2D eigenvalue weighted by molar-refractivity contribution is 0.101. The van der Waals surface area contributed by atoms with Gasteiger partial charge in [-0.2, -0.15) is 0 Å². The number of fused-ring (bicyclic) bond motifs is 1. The third kappa shape index (κ3) is 3.56. The number of amides is 1. The summed E-state index contributed by atoms with van der Waals surface area (Å²) < 4.78 is 4.21.